The second kappa shape index (κ2) is 8.68. The molecule has 0 amide bonds. The van der Waals surface area contributed by atoms with Crippen LogP contribution >= 0.6 is 0 Å². The molecular weight excluding hydrogens is 383 g/mol. The van der Waals surface area contributed by atoms with Crippen LogP contribution in [0.5, 0.6) is 5.75 Å². The van der Waals surface area contributed by atoms with Crippen molar-refractivity contribution in [2.24, 2.45) is 5.92 Å². The zero-order chi connectivity index (χ0) is 22.0. The van der Waals surface area contributed by atoms with E-state index in [9.17, 15) is 19.6 Å². The molecule has 3 aromatic rings. The van der Waals surface area contributed by atoms with E-state index in [2.05, 4.69) is 0 Å². The van der Waals surface area contributed by atoms with E-state index in [4.69, 9.17) is 4.74 Å². The molecule has 0 saturated carbocycles. The van der Waals surface area contributed by atoms with E-state index in [1.54, 1.807) is 41.8 Å². The Balaban J connectivity index is 2.30. The molecule has 0 saturated heterocycles. The van der Waals surface area contributed by atoms with Crippen molar-refractivity contribution < 1.29 is 14.2 Å². The highest BCUT2D eigenvalue weighted by atomic mass is 19.1. The summed E-state index contributed by atoms with van der Waals surface area (Å²) in [6.45, 7) is 5.49. The number of aryl methyl sites for hydroxylation is 1. The van der Waals surface area contributed by atoms with Gasteiger partial charge in [0.1, 0.15) is 23.2 Å². The number of hydrogen-bond donors (Lipinski definition) is 1. The average molecular weight is 408 g/mol. The quantitative estimate of drug-likeness (QED) is 0.666. The summed E-state index contributed by atoms with van der Waals surface area (Å²) in [5.41, 5.74) is 1.87. The lowest BCUT2D eigenvalue weighted by atomic mass is 9.98. The molecular formula is C24H25FN2O3. The minimum Gasteiger partial charge on any atom is -0.496 e. The summed E-state index contributed by atoms with van der Waals surface area (Å²) < 4.78 is 21.9. The number of pyridine rings is 1. The Morgan fingerprint density at radius 2 is 2.00 bits per heavy atom. The Kier molecular flexibility index (Phi) is 6.23. The molecule has 1 unspecified atom stereocenters. The Morgan fingerprint density at radius 1 is 1.27 bits per heavy atom. The molecule has 0 aliphatic heterocycles. The molecule has 30 heavy (non-hydrogen) atoms. The number of aliphatic hydroxyl groups is 1. The standard InChI is InChI=1S/C24H25FN2O3/c1-14(2)21(13-28)27-12-18(11-26)24(29)19-9-17(22(30-4)10-20(19)27)8-16-7-5-6-15(3)23(16)25/h5-7,9-10,12,14,21,28H,8,13H2,1-4H3. The summed E-state index contributed by atoms with van der Waals surface area (Å²) >= 11 is 0. The largest absolute Gasteiger partial charge is 0.496 e. The van der Waals surface area contributed by atoms with Gasteiger partial charge in [0.05, 0.1) is 25.3 Å². The fraction of sp³-hybridized carbons (Fsp3) is 0.333. The lowest BCUT2D eigenvalue weighted by Gasteiger charge is -2.25. The molecule has 1 aromatic heterocycles. The second-order valence-electron chi connectivity index (χ2n) is 7.79. The van der Waals surface area contributed by atoms with Crippen molar-refractivity contribution >= 4 is 10.9 Å². The van der Waals surface area contributed by atoms with Crippen molar-refractivity contribution in [3.8, 4) is 11.8 Å². The van der Waals surface area contributed by atoms with Gasteiger partial charge in [-0.15, -0.1) is 0 Å². The number of nitrogens with zero attached hydrogens (tertiary/aromatic N) is 2. The van der Waals surface area contributed by atoms with Crippen LogP contribution in [-0.4, -0.2) is 23.4 Å². The molecule has 0 aliphatic carbocycles. The fourth-order valence-electron chi connectivity index (χ4n) is 3.77. The highest BCUT2D eigenvalue weighted by molar-refractivity contribution is 5.83. The Hall–Kier alpha value is -3.17. The van der Waals surface area contributed by atoms with Crippen molar-refractivity contribution in [2.75, 3.05) is 13.7 Å². The number of aromatic nitrogens is 1. The number of hydrogen-bond acceptors (Lipinski definition) is 4. The minimum absolute atomic E-state index is 0.000507. The van der Waals surface area contributed by atoms with Gasteiger partial charge in [0.15, 0.2) is 0 Å². The molecule has 0 fully saturated rings. The molecule has 2 aromatic carbocycles. The number of methoxy groups -OCH3 is 1. The molecule has 1 N–H and O–H groups in total. The van der Waals surface area contributed by atoms with E-state index < -0.39 is 5.43 Å². The van der Waals surface area contributed by atoms with Gasteiger partial charge in [-0.25, -0.2) is 4.39 Å². The zero-order valence-corrected chi connectivity index (χ0v) is 17.6. The number of nitriles is 1. The van der Waals surface area contributed by atoms with Gasteiger partial charge in [-0.1, -0.05) is 32.0 Å². The number of rotatable bonds is 6. The first-order valence-corrected chi connectivity index (χ1v) is 9.83. The van der Waals surface area contributed by atoms with Crippen molar-refractivity contribution in [1.82, 2.24) is 4.57 Å². The van der Waals surface area contributed by atoms with Gasteiger partial charge in [0.25, 0.3) is 0 Å². The van der Waals surface area contributed by atoms with Crippen LogP contribution in [0.15, 0.2) is 41.3 Å². The van der Waals surface area contributed by atoms with E-state index in [1.807, 2.05) is 19.9 Å². The Labute approximate surface area is 175 Å². The number of aliphatic hydroxyl groups excluding tert-OH is 1. The molecule has 0 radical (unpaired) electrons. The van der Waals surface area contributed by atoms with E-state index in [1.165, 1.54) is 13.3 Å². The molecule has 1 atom stereocenters. The van der Waals surface area contributed by atoms with Crippen LogP contribution < -0.4 is 10.2 Å². The molecule has 6 heteroatoms. The maximum absolute atomic E-state index is 14.6. The van der Waals surface area contributed by atoms with E-state index in [0.717, 1.165) is 0 Å². The number of ether oxygens (including phenoxy) is 1. The van der Waals surface area contributed by atoms with Gasteiger partial charge < -0.3 is 14.4 Å². The van der Waals surface area contributed by atoms with Gasteiger partial charge in [-0.2, -0.15) is 5.26 Å². The number of halogens is 1. The first-order valence-electron chi connectivity index (χ1n) is 9.83. The first-order chi connectivity index (χ1) is 14.3. The van der Waals surface area contributed by atoms with Crippen molar-refractivity contribution in [2.45, 2.75) is 33.2 Å². The van der Waals surface area contributed by atoms with Crippen LogP contribution in [0.2, 0.25) is 0 Å². The Bertz CT molecular complexity index is 1190. The van der Waals surface area contributed by atoms with Gasteiger partial charge in [0.2, 0.25) is 5.43 Å². The van der Waals surface area contributed by atoms with Crippen molar-refractivity contribution in [3.05, 3.63) is 74.8 Å². The average Bonchev–Trinajstić information content (AvgIpc) is 2.73. The van der Waals surface area contributed by atoms with Crippen molar-refractivity contribution in [1.29, 1.82) is 5.26 Å². The summed E-state index contributed by atoms with van der Waals surface area (Å²) in [4.78, 5) is 12.9. The minimum atomic E-state index is -0.391. The smallest absolute Gasteiger partial charge is 0.207 e. The van der Waals surface area contributed by atoms with Crippen LogP contribution in [0.25, 0.3) is 10.9 Å². The van der Waals surface area contributed by atoms with E-state index in [-0.39, 0.29) is 36.4 Å². The molecule has 1 heterocycles. The summed E-state index contributed by atoms with van der Waals surface area (Å²) in [6.07, 6.45) is 1.74. The third-order valence-electron chi connectivity index (χ3n) is 5.52. The van der Waals surface area contributed by atoms with Crippen molar-refractivity contribution in [3.63, 3.8) is 0 Å². The third kappa shape index (κ3) is 3.81. The summed E-state index contributed by atoms with van der Waals surface area (Å²) in [6, 6.07) is 10.2. The normalized spacial score (nSPS) is 12.2. The third-order valence-corrected chi connectivity index (χ3v) is 5.52. The lowest BCUT2D eigenvalue weighted by molar-refractivity contribution is 0.196. The SMILES string of the molecule is COc1cc2c(cc1Cc1cccc(C)c1F)c(=O)c(C#N)cn2C(CO)C(C)C. The predicted molar refractivity (Wildman–Crippen MR) is 114 cm³/mol. The number of fused-ring (bicyclic) bond motifs is 1. The van der Waals surface area contributed by atoms with Crippen LogP contribution in [0.1, 0.15) is 42.1 Å². The monoisotopic (exact) mass is 408 g/mol. The van der Waals surface area contributed by atoms with Gasteiger partial charge in [-0.3, -0.25) is 4.79 Å². The molecule has 3 rings (SSSR count). The van der Waals surface area contributed by atoms with Crippen LogP contribution in [0.3, 0.4) is 0 Å². The van der Waals surface area contributed by atoms with E-state index >= 15 is 0 Å². The second-order valence-corrected chi connectivity index (χ2v) is 7.79. The lowest BCUT2D eigenvalue weighted by Crippen LogP contribution is -2.23. The zero-order valence-electron chi connectivity index (χ0n) is 17.6. The highest BCUT2D eigenvalue weighted by Gasteiger charge is 2.21. The molecule has 156 valence electrons. The van der Waals surface area contributed by atoms with Gasteiger partial charge in [-0.05, 0) is 35.6 Å². The summed E-state index contributed by atoms with van der Waals surface area (Å²) in [5, 5.41) is 19.7. The van der Waals surface area contributed by atoms with Crippen LogP contribution in [0.4, 0.5) is 4.39 Å². The summed E-state index contributed by atoms with van der Waals surface area (Å²) in [7, 11) is 1.52. The Morgan fingerprint density at radius 3 is 2.60 bits per heavy atom. The molecule has 0 bridgehead atoms. The van der Waals surface area contributed by atoms with E-state index in [0.29, 0.717) is 33.3 Å². The van der Waals surface area contributed by atoms with Crippen LogP contribution in [-0.2, 0) is 6.42 Å². The topological polar surface area (TPSA) is 75.2 Å². The fourth-order valence-corrected chi connectivity index (χ4v) is 3.77. The molecule has 5 nitrogen and oxygen atoms in total. The molecule has 0 spiro atoms. The van der Waals surface area contributed by atoms with Gasteiger partial charge >= 0.3 is 0 Å². The molecule has 0 aliphatic rings. The van der Waals surface area contributed by atoms with Crippen LogP contribution in [0, 0.1) is 30.0 Å². The first kappa shape index (κ1) is 21.5. The maximum atomic E-state index is 14.6. The number of benzene rings is 2. The maximum Gasteiger partial charge on any atom is 0.207 e. The predicted octanol–water partition coefficient (Wildman–Crippen LogP) is 4.11. The van der Waals surface area contributed by atoms with Gasteiger partial charge in [0, 0.05) is 24.1 Å². The highest BCUT2D eigenvalue weighted by Crippen LogP contribution is 2.30. The summed E-state index contributed by atoms with van der Waals surface area (Å²) in [5.74, 6) is 0.295.